The van der Waals surface area contributed by atoms with Crippen LogP contribution in [0.3, 0.4) is 0 Å². The van der Waals surface area contributed by atoms with Crippen LogP contribution in [-0.4, -0.2) is 44.2 Å². The number of nitrogens with two attached hydrogens (primary N) is 1. The molecule has 0 radical (unpaired) electrons. The molecule has 1 fully saturated rings. The fourth-order valence-electron chi connectivity index (χ4n) is 2.99. The van der Waals surface area contributed by atoms with E-state index in [0.717, 1.165) is 24.8 Å². The lowest BCUT2D eigenvalue weighted by molar-refractivity contribution is -0.147. The Morgan fingerprint density at radius 2 is 1.79 bits per heavy atom. The molecule has 0 atom stereocenters. The molecule has 8 nitrogen and oxygen atoms in total. The summed E-state index contributed by atoms with van der Waals surface area (Å²) in [6.45, 7) is 1.97. The molecule has 0 aliphatic carbocycles. The zero-order valence-electron chi connectivity index (χ0n) is 16.4. The Hall–Kier alpha value is -2.70. The number of piperidine rings is 1. The number of esters is 1. The number of nitriles is 1. The van der Waals surface area contributed by atoms with Crippen LogP contribution in [0.5, 0.6) is 0 Å². The third kappa shape index (κ3) is 6.14. The van der Waals surface area contributed by atoms with E-state index < -0.39 is 28.4 Å². The maximum atomic E-state index is 12.6. The number of aryl methyl sites for hydroxylation is 1. The van der Waals surface area contributed by atoms with Crippen molar-refractivity contribution >= 4 is 21.8 Å². The molecule has 1 aromatic rings. The van der Waals surface area contributed by atoms with E-state index in [-0.39, 0.29) is 22.6 Å². The number of carbonyl (C=O) groups excluding carboxylic acids is 2. The molecule has 1 saturated heterocycles. The maximum absolute atomic E-state index is 12.6. The number of Topliss-reactive ketones (excluding diaryl/α,β-unsaturated/α-hetero) is 1. The lowest BCUT2D eigenvalue weighted by atomic mass is 10.1. The summed E-state index contributed by atoms with van der Waals surface area (Å²) in [7, 11) is -3.48. The summed E-state index contributed by atoms with van der Waals surface area (Å²) in [4.78, 5) is 23.8. The number of rotatable bonds is 8. The summed E-state index contributed by atoms with van der Waals surface area (Å²) in [6, 6.07) is 8.11. The van der Waals surface area contributed by atoms with Crippen LogP contribution in [0.4, 0.5) is 0 Å². The van der Waals surface area contributed by atoms with Gasteiger partial charge in [0.1, 0.15) is 11.6 Å². The Morgan fingerprint density at radius 1 is 1.17 bits per heavy atom. The fraction of sp³-hybridized carbons (Fsp3) is 0.450. The molecular weight excluding hydrogens is 394 g/mol. The van der Waals surface area contributed by atoms with Crippen LogP contribution in [0, 0.1) is 11.3 Å². The van der Waals surface area contributed by atoms with Crippen molar-refractivity contribution in [3.8, 4) is 6.07 Å². The third-order valence-electron chi connectivity index (χ3n) is 4.64. The molecule has 1 aliphatic rings. The molecule has 156 valence electrons. The molecule has 0 amide bonds. The van der Waals surface area contributed by atoms with Gasteiger partial charge in [0, 0.05) is 25.2 Å². The first-order valence-corrected chi connectivity index (χ1v) is 10.8. The standard InChI is InChI=1S/C20H25N3O5S/c1-15(22)18(13-21)19(24)14-28-20(25)10-7-16-5-8-17(9-6-16)29(26,27)23-11-3-2-4-12-23/h5-6,8-9H,2-4,7,10-12,14,22H2,1H3. The topological polar surface area (TPSA) is 131 Å². The van der Waals surface area contributed by atoms with Gasteiger partial charge in [0.2, 0.25) is 15.8 Å². The summed E-state index contributed by atoms with van der Waals surface area (Å²) in [5, 5.41) is 8.85. The molecule has 0 saturated carbocycles. The van der Waals surface area contributed by atoms with Crippen LogP contribution in [-0.2, 0) is 30.8 Å². The quantitative estimate of drug-likeness (QED) is 0.385. The number of sulfonamides is 1. The lowest BCUT2D eigenvalue weighted by Gasteiger charge is -2.25. The zero-order valence-corrected chi connectivity index (χ0v) is 17.2. The van der Waals surface area contributed by atoms with Crippen LogP contribution in [0.2, 0.25) is 0 Å². The van der Waals surface area contributed by atoms with Crippen molar-refractivity contribution in [2.45, 2.75) is 43.9 Å². The summed E-state index contributed by atoms with van der Waals surface area (Å²) in [5.41, 5.74) is 6.07. The van der Waals surface area contributed by atoms with Crippen LogP contribution in [0.15, 0.2) is 40.4 Å². The SMILES string of the molecule is CC(N)=C(C#N)C(=O)COC(=O)CCc1ccc(S(=O)(=O)N2CCCCC2)cc1. The number of benzene rings is 1. The number of carbonyl (C=O) groups is 2. The van der Waals surface area contributed by atoms with Crippen molar-refractivity contribution < 1.29 is 22.7 Å². The van der Waals surface area contributed by atoms with E-state index in [0.29, 0.717) is 19.5 Å². The van der Waals surface area contributed by atoms with Gasteiger partial charge in [-0.1, -0.05) is 18.6 Å². The van der Waals surface area contributed by atoms with Crippen LogP contribution >= 0.6 is 0 Å². The molecule has 0 aromatic heterocycles. The molecule has 0 spiro atoms. The van der Waals surface area contributed by atoms with Gasteiger partial charge < -0.3 is 10.5 Å². The molecule has 2 rings (SSSR count). The van der Waals surface area contributed by atoms with Gasteiger partial charge in [-0.3, -0.25) is 9.59 Å². The van der Waals surface area contributed by atoms with Crippen molar-refractivity contribution in [2.24, 2.45) is 5.73 Å². The summed E-state index contributed by atoms with van der Waals surface area (Å²) in [5.74, 6) is -1.23. The molecule has 0 bridgehead atoms. The van der Waals surface area contributed by atoms with E-state index in [1.54, 1.807) is 30.3 Å². The predicted molar refractivity (Wildman–Crippen MR) is 106 cm³/mol. The van der Waals surface area contributed by atoms with Crippen molar-refractivity contribution in [2.75, 3.05) is 19.7 Å². The average Bonchev–Trinajstić information content (AvgIpc) is 2.72. The van der Waals surface area contributed by atoms with Crippen LogP contribution in [0.1, 0.15) is 38.2 Å². The van der Waals surface area contributed by atoms with E-state index >= 15 is 0 Å². The van der Waals surface area contributed by atoms with Gasteiger partial charge in [-0.2, -0.15) is 9.57 Å². The number of hydrogen-bond acceptors (Lipinski definition) is 7. The first kappa shape index (κ1) is 22.6. The molecule has 9 heteroatoms. The second kappa shape index (κ2) is 10.2. The predicted octanol–water partition coefficient (Wildman–Crippen LogP) is 1.66. The number of nitrogens with zero attached hydrogens (tertiary/aromatic N) is 2. The zero-order chi connectivity index (χ0) is 21.4. The van der Waals surface area contributed by atoms with Crippen LogP contribution in [0.25, 0.3) is 0 Å². The average molecular weight is 420 g/mol. The van der Waals surface area contributed by atoms with Gasteiger partial charge >= 0.3 is 5.97 Å². The minimum absolute atomic E-state index is 0.0265. The highest BCUT2D eigenvalue weighted by atomic mass is 32.2. The molecule has 0 unspecified atom stereocenters. The van der Waals surface area contributed by atoms with E-state index in [9.17, 15) is 18.0 Å². The Balaban J connectivity index is 1.87. The van der Waals surface area contributed by atoms with E-state index in [4.69, 9.17) is 15.7 Å². The van der Waals surface area contributed by atoms with Gasteiger partial charge in [0.15, 0.2) is 6.61 Å². The van der Waals surface area contributed by atoms with E-state index in [2.05, 4.69) is 0 Å². The smallest absolute Gasteiger partial charge is 0.306 e. The highest BCUT2D eigenvalue weighted by Crippen LogP contribution is 2.21. The first-order chi connectivity index (χ1) is 13.8. The number of ether oxygens (including phenoxy) is 1. The Morgan fingerprint density at radius 3 is 2.34 bits per heavy atom. The highest BCUT2D eigenvalue weighted by Gasteiger charge is 2.25. The van der Waals surface area contributed by atoms with Gasteiger partial charge in [-0.25, -0.2) is 8.42 Å². The first-order valence-electron chi connectivity index (χ1n) is 9.40. The largest absolute Gasteiger partial charge is 0.457 e. The van der Waals surface area contributed by atoms with Gasteiger partial charge in [0.05, 0.1) is 4.90 Å². The van der Waals surface area contributed by atoms with E-state index in [1.807, 2.05) is 0 Å². The van der Waals surface area contributed by atoms with Gasteiger partial charge in [-0.05, 0) is 43.9 Å². The van der Waals surface area contributed by atoms with Crippen molar-refractivity contribution in [3.05, 3.63) is 41.1 Å². The second-order valence-electron chi connectivity index (χ2n) is 6.86. The number of hydrogen-bond donors (Lipinski definition) is 1. The second-order valence-corrected chi connectivity index (χ2v) is 8.80. The number of ketones is 1. The normalized spacial score (nSPS) is 15.9. The fourth-order valence-corrected chi connectivity index (χ4v) is 4.51. The summed E-state index contributed by atoms with van der Waals surface area (Å²) < 4.78 is 31.6. The molecule has 1 heterocycles. The van der Waals surface area contributed by atoms with Crippen molar-refractivity contribution in [3.63, 3.8) is 0 Å². The van der Waals surface area contributed by atoms with E-state index in [1.165, 1.54) is 11.2 Å². The highest BCUT2D eigenvalue weighted by molar-refractivity contribution is 7.89. The Bertz CT molecular complexity index is 920. The maximum Gasteiger partial charge on any atom is 0.306 e. The molecule has 2 N–H and O–H groups in total. The molecular formula is C20H25N3O5S. The summed E-state index contributed by atoms with van der Waals surface area (Å²) >= 11 is 0. The summed E-state index contributed by atoms with van der Waals surface area (Å²) in [6.07, 6.45) is 3.16. The molecule has 1 aliphatic heterocycles. The van der Waals surface area contributed by atoms with Gasteiger partial charge in [-0.15, -0.1) is 0 Å². The minimum atomic E-state index is -3.48. The van der Waals surface area contributed by atoms with Crippen molar-refractivity contribution in [1.29, 1.82) is 5.26 Å². The number of allylic oxidation sites excluding steroid dienone is 1. The van der Waals surface area contributed by atoms with Crippen LogP contribution < -0.4 is 5.73 Å². The Labute approximate surface area is 171 Å². The lowest BCUT2D eigenvalue weighted by Crippen LogP contribution is -2.35. The van der Waals surface area contributed by atoms with Gasteiger partial charge in [0.25, 0.3) is 0 Å². The molecule has 29 heavy (non-hydrogen) atoms. The minimum Gasteiger partial charge on any atom is -0.457 e. The van der Waals surface area contributed by atoms with Crippen molar-refractivity contribution in [1.82, 2.24) is 4.31 Å². The molecule has 1 aromatic carbocycles. The third-order valence-corrected chi connectivity index (χ3v) is 6.56. The Kier molecular flexibility index (Phi) is 7.93. The monoisotopic (exact) mass is 419 g/mol.